The van der Waals surface area contributed by atoms with Crippen LogP contribution in [0, 0.1) is 0 Å². The molecule has 1 amide bonds. The standard InChI is InChI=1S/C27H26ClF3N6O3S.ClH/c1-3-19-23(36-10-8-32-9-11-36)24(39)22-26(41-25(35-22)15-6-7-33-21(12-15)40-2)37(19)14-20(38)34-18-5-4-16(13-17(18)28)27(29,30)31;/h4-7,12-13,32H,3,8-11,14H2,1-2H3,(H,34,38);1H. The summed E-state index contributed by atoms with van der Waals surface area (Å²) in [5.41, 5.74) is 1.01. The molecule has 0 saturated carbocycles. The lowest BCUT2D eigenvalue weighted by Crippen LogP contribution is -2.46. The van der Waals surface area contributed by atoms with Gasteiger partial charge < -0.3 is 24.8 Å². The normalized spacial score (nSPS) is 13.6. The Morgan fingerprint density at radius 1 is 1.21 bits per heavy atom. The summed E-state index contributed by atoms with van der Waals surface area (Å²) >= 11 is 7.34. The molecule has 1 aliphatic heterocycles. The lowest BCUT2D eigenvalue weighted by molar-refractivity contribution is -0.137. The molecule has 42 heavy (non-hydrogen) atoms. The average Bonchev–Trinajstić information content (AvgIpc) is 3.41. The summed E-state index contributed by atoms with van der Waals surface area (Å²) in [6.45, 7) is 4.32. The van der Waals surface area contributed by atoms with Crippen LogP contribution in [0.1, 0.15) is 18.2 Å². The number of amides is 1. The zero-order valence-electron chi connectivity index (χ0n) is 22.5. The first kappa shape index (κ1) is 31.5. The van der Waals surface area contributed by atoms with Crippen LogP contribution in [0.3, 0.4) is 0 Å². The number of rotatable bonds is 7. The summed E-state index contributed by atoms with van der Waals surface area (Å²) in [7, 11) is 1.50. The van der Waals surface area contributed by atoms with Gasteiger partial charge in [0.1, 0.15) is 27.6 Å². The van der Waals surface area contributed by atoms with Crippen LogP contribution in [0.5, 0.6) is 5.88 Å². The van der Waals surface area contributed by atoms with Gasteiger partial charge in [-0.15, -0.1) is 12.4 Å². The van der Waals surface area contributed by atoms with E-state index in [0.717, 1.165) is 18.2 Å². The number of ether oxygens (including phenoxy) is 1. The first-order valence-corrected chi connectivity index (χ1v) is 14.0. The monoisotopic (exact) mass is 642 g/mol. The van der Waals surface area contributed by atoms with Crippen LogP contribution in [0.2, 0.25) is 5.02 Å². The Bertz CT molecular complexity index is 1670. The molecule has 0 spiro atoms. The maximum absolute atomic E-state index is 13.9. The molecule has 4 aromatic rings. The lowest BCUT2D eigenvalue weighted by Gasteiger charge is -2.31. The zero-order valence-corrected chi connectivity index (χ0v) is 24.9. The van der Waals surface area contributed by atoms with Crippen LogP contribution in [-0.4, -0.2) is 53.7 Å². The Hall–Kier alpha value is -3.39. The van der Waals surface area contributed by atoms with E-state index < -0.39 is 17.6 Å². The average molecular weight is 644 g/mol. The summed E-state index contributed by atoms with van der Waals surface area (Å²) < 4.78 is 46.2. The number of nitrogens with zero attached hydrogens (tertiary/aromatic N) is 4. The molecule has 2 N–H and O–H groups in total. The van der Waals surface area contributed by atoms with Gasteiger partial charge in [0.25, 0.3) is 0 Å². The van der Waals surface area contributed by atoms with Gasteiger partial charge in [-0.1, -0.05) is 29.9 Å². The van der Waals surface area contributed by atoms with Crippen molar-refractivity contribution in [3.8, 4) is 16.5 Å². The van der Waals surface area contributed by atoms with Crippen LogP contribution >= 0.6 is 35.3 Å². The predicted octanol–water partition coefficient (Wildman–Crippen LogP) is 5.23. The van der Waals surface area contributed by atoms with Gasteiger partial charge in [-0.2, -0.15) is 13.2 Å². The molecule has 9 nitrogen and oxygen atoms in total. The van der Waals surface area contributed by atoms with Crippen molar-refractivity contribution in [1.82, 2.24) is 19.9 Å². The number of methoxy groups -OCH3 is 1. The van der Waals surface area contributed by atoms with Gasteiger partial charge in [0.2, 0.25) is 17.2 Å². The highest BCUT2D eigenvalue weighted by molar-refractivity contribution is 7.21. The van der Waals surface area contributed by atoms with Crippen LogP contribution in [0.4, 0.5) is 24.5 Å². The zero-order chi connectivity index (χ0) is 29.3. The number of hydrogen-bond donors (Lipinski definition) is 2. The third kappa shape index (κ3) is 6.33. The molecule has 0 aliphatic carbocycles. The number of thiazole rings is 1. The number of fused-ring (bicyclic) bond motifs is 1. The van der Waals surface area contributed by atoms with Gasteiger partial charge in [0.15, 0.2) is 0 Å². The van der Waals surface area contributed by atoms with E-state index in [-0.39, 0.29) is 40.6 Å². The smallest absolute Gasteiger partial charge is 0.416 e. The predicted molar refractivity (Wildman–Crippen MR) is 160 cm³/mol. The van der Waals surface area contributed by atoms with Crippen LogP contribution in [0.15, 0.2) is 41.3 Å². The summed E-state index contributed by atoms with van der Waals surface area (Å²) in [6.07, 6.45) is -2.53. The molecule has 4 heterocycles. The molecular weight excluding hydrogens is 616 g/mol. The van der Waals surface area contributed by atoms with Gasteiger partial charge in [-0.25, -0.2) is 9.97 Å². The molecule has 5 rings (SSSR count). The minimum atomic E-state index is -4.56. The van der Waals surface area contributed by atoms with E-state index in [1.165, 1.54) is 18.4 Å². The number of pyridine rings is 2. The molecule has 1 aromatic carbocycles. The summed E-state index contributed by atoms with van der Waals surface area (Å²) in [5, 5.41) is 6.22. The van der Waals surface area contributed by atoms with E-state index >= 15 is 0 Å². The van der Waals surface area contributed by atoms with Crippen molar-refractivity contribution in [2.45, 2.75) is 26.1 Å². The molecule has 0 bridgehead atoms. The second-order valence-corrected chi connectivity index (χ2v) is 10.7. The quantitative estimate of drug-likeness (QED) is 0.285. The van der Waals surface area contributed by atoms with Crippen molar-refractivity contribution in [1.29, 1.82) is 0 Å². The van der Waals surface area contributed by atoms with Crippen molar-refractivity contribution in [2.24, 2.45) is 0 Å². The van der Waals surface area contributed by atoms with Crippen LogP contribution in [0.25, 0.3) is 20.9 Å². The van der Waals surface area contributed by atoms with Gasteiger partial charge in [0, 0.05) is 49.7 Å². The van der Waals surface area contributed by atoms with Crippen LogP contribution < -0.4 is 25.7 Å². The van der Waals surface area contributed by atoms with E-state index in [9.17, 15) is 22.8 Å². The second-order valence-electron chi connectivity index (χ2n) is 9.30. The van der Waals surface area contributed by atoms with Crippen LogP contribution in [-0.2, 0) is 23.9 Å². The fourth-order valence-corrected chi connectivity index (χ4v) is 6.09. The molecule has 0 unspecified atom stereocenters. The molecule has 1 fully saturated rings. The molecule has 3 aromatic heterocycles. The van der Waals surface area contributed by atoms with Crippen molar-refractivity contribution in [2.75, 3.05) is 43.5 Å². The maximum Gasteiger partial charge on any atom is 0.416 e. The van der Waals surface area contributed by atoms with E-state index in [4.69, 9.17) is 16.3 Å². The van der Waals surface area contributed by atoms with Crippen molar-refractivity contribution in [3.63, 3.8) is 0 Å². The molecule has 0 radical (unpaired) electrons. The molecular formula is C27H27Cl2F3N6O3S. The van der Waals surface area contributed by atoms with E-state index in [2.05, 4.69) is 20.6 Å². The summed E-state index contributed by atoms with van der Waals surface area (Å²) in [5.74, 6) is -0.126. The summed E-state index contributed by atoms with van der Waals surface area (Å²) in [6, 6.07) is 6.22. The highest BCUT2D eigenvalue weighted by Gasteiger charge is 2.31. The molecule has 224 valence electrons. The topological polar surface area (TPSA) is 101 Å². The highest BCUT2D eigenvalue weighted by Crippen LogP contribution is 2.35. The van der Waals surface area contributed by atoms with E-state index in [0.29, 0.717) is 65.3 Å². The van der Waals surface area contributed by atoms with Gasteiger partial charge in [-0.3, -0.25) is 9.59 Å². The third-order valence-electron chi connectivity index (χ3n) is 6.72. The fourth-order valence-electron chi connectivity index (χ4n) is 4.78. The molecule has 0 atom stereocenters. The highest BCUT2D eigenvalue weighted by atomic mass is 35.5. The number of alkyl halides is 3. The molecule has 15 heteroatoms. The van der Waals surface area contributed by atoms with Gasteiger partial charge in [0.05, 0.1) is 23.4 Å². The number of nitrogens with one attached hydrogen (secondary N) is 2. The molecule has 1 saturated heterocycles. The Labute approximate surface area is 254 Å². The Balaban J connectivity index is 0.00000405. The SMILES string of the molecule is CCc1c(N2CCNCC2)c(=O)c2nc(-c3ccnc(OC)c3)sc2n1CC(=O)Nc1ccc(C(F)(F)F)cc1Cl.Cl. The van der Waals surface area contributed by atoms with E-state index in [1.54, 1.807) is 22.9 Å². The number of carbonyl (C=O) groups is 1. The number of benzene rings is 1. The van der Waals surface area contributed by atoms with Gasteiger partial charge in [-0.05, 0) is 30.7 Å². The number of halogens is 5. The Morgan fingerprint density at radius 3 is 2.60 bits per heavy atom. The first-order chi connectivity index (χ1) is 19.6. The summed E-state index contributed by atoms with van der Waals surface area (Å²) in [4.78, 5) is 38.5. The van der Waals surface area contributed by atoms with Crippen molar-refractivity contribution in [3.05, 3.63) is 63.0 Å². The fraction of sp³-hybridized carbons (Fsp3) is 0.333. The third-order valence-corrected chi connectivity index (χ3v) is 8.16. The Morgan fingerprint density at radius 2 is 1.95 bits per heavy atom. The minimum Gasteiger partial charge on any atom is -0.481 e. The second kappa shape index (κ2) is 12.9. The Kier molecular flexibility index (Phi) is 9.66. The van der Waals surface area contributed by atoms with Crippen molar-refractivity contribution < 1.29 is 22.7 Å². The molecule has 1 aliphatic rings. The first-order valence-electron chi connectivity index (χ1n) is 12.8. The number of hydrogen-bond acceptors (Lipinski definition) is 8. The number of aromatic nitrogens is 3. The van der Waals surface area contributed by atoms with Gasteiger partial charge >= 0.3 is 6.18 Å². The number of piperazine rings is 1. The maximum atomic E-state index is 13.9. The van der Waals surface area contributed by atoms with Crippen molar-refractivity contribution >= 4 is 63.0 Å². The lowest BCUT2D eigenvalue weighted by atomic mass is 10.1. The number of carbonyl (C=O) groups excluding carboxylic acids is 1. The largest absolute Gasteiger partial charge is 0.481 e. The number of anilines is 2. The minimum absolute atomic E-state index is 0. The van der Waals surface area contributed by atoms with E-state index in [1.807, 2.05) is 11.8 Å².